The van der Waals surface area contributed by atoms with Crippen LogP contribution in [-0.4, -0.2) is 65.7 Å². The molecule has 3 heterocycles. The first-order chi connectivity index (χ1) is 13.5. The van der Waals surface area contributed by atoms with Gasteiger partial charge in [-0.15, -0.1) is 0 Å². The molecule has 2 aliphatic heterocycles. The molecule has 1 atom stereocenters. The Morgan fingerprint density at radius 2 is 1.96 bits per heavy atom. The van der Waals surface area contributed by atoms with E-state index in [2.05, 4.69) is 29.0 Å². The molecule has 1 amide bonds. The first kappa shape index (κ1) is 20.8. The van der Waals surface area contributed by atoms with Gasteiger partial charge in [0.05, 0.1) is 5.56 Å². The van der Waals surface area contributed by atoms with Crippen molar-refractivity contribution in [2.24, 2.45) is 11.8 Å². The predicted molar refractivity (Wildman–Crippen MR) is 111 cm³/mol. The molecule has 1 aromatic rings. The molecule has 6 heteroatoms. The summed E-state index contributed by atoms with van der Waals surface area (Å²) in [4.78, 5) is 33.9. The van der Waals surface area contributed by atoms with E-state index in [1.54, 1.807) is 6.20 Å². The Labute approximate surface area is 168 Å². The van der Waals surface area contributed by atoms with E-state index in [1.807, 2.05) is 17.0 Å². The van der Waals surface area contributed by atoms with Crippen molar-refractivity contribution in [1.82, 2.24) is 14.8 Å². The zero-order valence-electron chi connectivity index (χ0n) is 17.3. The average molecular weight is 387 g/mol. The molecular weight excluding hydrogens is 352 g/mol. The lowest BCUT2D eigenvalue weighted by atomic mass is 9.89. The van der Waals surface area contributed by atoms with Crippen LogP contribution in [0.15, 0.2) is 18.3 Å². The number of nitrogens with one attached hydrogen (secondary N) is 1. The lowest BCUT2D eigenvalue weighted by Gasteiger charge is -2.32. The van der Waals surface area contributed by atoms with E-state index in [1.165, 1.54) is 25.9 Å². The van der Waals surface area contributed by atoms with Crippen LogP contribution in [0.3, 0.4) is 0 Å². The third-order valence-electron chi connectivity index (χ3n) is 5.72. The van der Waals surface area contributed by atoms with Crippen molar-refractivity contribution in [2.75, 3.05) is 44.6 Å². The van der Waals surface area contributed by atoms with Crippen LogP contribution < -0.4 is 5.32 Å². The van der Waals surface area contributed by atoms with Gasteiger partial charge < -0.3 is 15.1 Å². The third-order valence-corrected chi connectivity index (χ3v) is 5.72. The fourth-order valence-corrected chi connectivity index (χ4v) is 4.15. The largest absolute Gasteiger partial charge is 0.369 e. The standard InChI is InChI=1S/C22H34N4O2/c1-17(2)14-20(27)19-6-5-12-26(16-19)22(28)18-7-8-21(24-15-18)23-9-13-25-10-3-4-11-25/h7-8,15,17,19H,3-6,9-14,16H2,1-2H3,(H,23,24). The minimum Gasteiger partial charge on any atom is -0.369 e. The van der Waals surface area contributed by atoms with Crippen LogP contribution in [0.4, 0.5) is 5.82 Å². The van der Waals surface area contributed by atoms with Gasteiger partial charge in [0.1, 0.15) is 11.6 Å². The molecule has 28 heavy (non-hydrogen) atoms. The van der Waals surface area contributed by atoms with Gasteiger partial charge in [-0.2, -0.15) is 0 Å². The highest BCUT2D eigenvalue weighted by molar-refractivity contribution is 5.94. The summed E-state index contributed by atoms with van der Waals surface area (Å²) < 4.78 is 0. The molecule has 0 aromatic carbocycles. The number of nitrogens with zero attached hydrogens (tertiary/aromatic N) is 3. The smallest absolute Gasteiger partial charge is 0.255 e. The average Bonchev–Trinajstić information content (AvgIpc) is 3.21. The Balaban J connectivity index is 1.49. The Morgan fingerprint density at radius 1 is 1.18 bits per heavy atom. The van der Waals surface area contributed by atoms with Crippen LogP contribution in [0.2, 0.25) is 0 Å². The van der Waals surface area contributed by atoms with Crippen molar-refractivity contribution in [1.29, 1.82) is 0 Å². The highest BCUT2D eigenvalue weighted by Gasteiger charge is 2.29. The fraction of sp³-hybridized carbons (Fsp3) is 0.682. The zero-order chi connectivity index (χ0) is 19.9. The number of carbonyl (C=O) groups is 2. The Morgan fingerprint density at radius 3 is 2.64 bits per heavy atom. The van der Waals surface area contributed by atoms with E-state index in [0.29, 0.717) is 30.2 Å². The van der Waals surface area contributed by atoms with Gasteiger partial charge in [-0.3, -0.25) is 9.59 Å². The van der Waals surface area contributed by atoms with Crippen molar-refractivity contribution in [3.05, 3.63) is 23.9 Å². The topological polar surface area (TPSA) is 65.5 Å². The fourth-order valence-electron chi connectivity index (χ4n) is 4.15. The lowest BCUT2D eigenvalue weighted by molar-refractivity contribution is -0.124. The summed E-state index contributed by atoms with van der Waals surface area (Å²) in [5, 5.41) is 3.34. The van der Waals surface area contributed by atoms with Gasteiger partial charge in [0.2, 0.25) is 0 Å². The highest BCUT2D eigenvalue weighted by Crippen LogP contribution is 2.22. The van der Waals surface area contributed by atoms with Crippen LogP contribution in [0.25, 0.3) is 0 Å². The van der Waals surface area contributed by atoms with E-state index >= 15 is 0 Å². The molecule has 0 radical (unpaired) electrons. The van der Waals surface area contributed by atoms with Gasteiger partial charge >= 0.3 is 0 Å². The summed E-state index contributed by atoms with van der Waals surface area (Å²) in [6, 6.07) is 3.72. The monoisotopic (exact) mass is 386 g/mol. The summed E-state index contributed by atoms with van der Waals surface area (Å²) >= 11 is 0. The molecule has 3 rings (SSSR count). The molecule has 1 aromatic heterocycles. The van der Waals surface area contributed by atoms with Crippen molar-refractivity contribution < 1.29 is 9.59 Å². The number of pyridine rings is 1. The number of hydrogen-bond acceptors (Lipinski definition) is 5. The van der Waals surface area contributed by atoms with Crippen LogP contribution in [-0.2, 0) is 4.79 Å². The van der Waals surface area contributed by atoms with Crippen molar-refractivity contribution in [3.8, 4) is 0 Å². The van der Waals surface area contributed by atoms with E-state index in [9.17, 15) is 9.59 Å². The molecule has 1 N–H and O–H groups in total. The molecule has 2 aliphatic rings. The zero-order valence-corrected chi connectivity index (χ0v) is 17.3. The van der Waals surface area contributed by atoms with Crippen LogP contribution in [0.5, 0.6) is 0 Å². The van der Waals surface area contributed by atoms with E-state index in [4.69, 9.17) is 0 Å². The molecule has 6 nitrogen and oxygen atoms in total. The van der Waals surface area contributed by atoms with Crippen molar-refractivity contribution in [2.45, 2.75) is 46.0 Å². The van der Waals surface area contributed by atoms with Gasteiger partial charge in [0, 0.05) is 44.7 Å². The number of anilines is 1. The second-order valence-electron chi connectivity index (χ2n) is 8.56. The molecule has 0 saturated carbocycles. The van der Waals surface area contributed by atoms with E-state index < -0.39 is 0 Å². The second-order valence-corrected chi connectivity index (χ2v) is 8.56. The predicted octanol–water partition coefficient (Wildman–Crippen LogP) is 3.06. The number of rotatable bonds is 8. The minimum absolute atomic E-state index is 0.0143. The normalized spacial score (nSPS) is 20.5. The van der Waals surface area contributed by atoms with Crippen LogP contribution >= 0.6 is 0 Å². The maximum Gasteiger partial charge on any atom is 0.255 e. The third kappa shape index (κ3) is 5.77. The summed E-state index contributed by atoms with van der Waals surface area (Å²) in [6.07, 6.45) is 6.65. The second kappa shape index (κ2) is 10.0. The molecule has 0 aliphatic carbocycles. The van der Waals surface area contributed by atoms with Gasteiger partial charge in [-0.25, -0.2) is 4.98 Å². The number of likely N-dealkylation sites (tertiary alicyclic amines) is 2. The summed E-state index contributed by atoms with van der Waals surface area (Å²) in [5.74, 6) is 1.44. The Kier molecular flexibility index (Phi) is 7.43. The first-order valence-electron chi connectivity index (χ1n) is 10.8. The number of Topliss-reactive ketones (excluding diaryl/α,β-unsaturated/α-hetero) is 1. The summed E-state index contributed by atoms with van der Waals surface area (Å²) in [6.45, 7) is 9.68. The highest BCUT2D eigenvalue weighted by atomic mass is 16.2. The minimum atomic E-state index is -0.0156. The number of hydrogen-bond donors (Lipinski definition) is 1. The SMILES string of the molecule is CC(C)CC(=O)C1CCCN(C(=O)c2ccc(NCCN3CCCC3)nc2)C1. The molecular formula is C22H34N4O2. The maximum absolute atomic E-state index is 12.8. The number of aromatic nitrogens is 1. The van der Waals surface area contributed by atoms with E-state index in [0.717, 1.165) is 38.3 Å². The molecule has 2 fully saturated rings. The van der Waals surface area contributed by atoms with Crippen molar-refractivity contribution >= 4 is 17.5 Å². The first-order valence-corrected chi connectivity index (χ1v) is 10.8. The maximum atomic E-state index is 12.8. The molecule has 154 valence electrons. The van der Waals surface area contributed by atoms with Crippen molar-refractivity contribution in [3.63, 3.8) is 0 Å². The van der Waals surface area contributed by atoms with Gasteiger partial charge in [0.25, 0.3) is 5.91 Å². The Bertz CT molecular complexity index is 653. The van der Waals surface area contributed by atoms with Gasteiger partial charge in [0.15, 0.2) is 0 Å². The number of carbonyl (C=O) groups excluding carboxylic acids is 2. The summed E-state index contributed by atoms with van der Waals surface area (Å²) in [7, 11) is 0. The van der Waals surface area contributed by atoms with E-state index in [-0.39, 0.29) is 11.8 Å². The molecule has 0 bridgehead atoms. The van der Waals surface area contributed by atoms with Gasteiger partial charge in [-0.05, 0) is 56.8 Å². The Hall–Kier alpha value is -1.95. The number of ketones is 1. The van der Waals surface area contributed by atoms with Crippen LogP contribution in [0.1, 0.15) is 56.3 Å². The lowest BCUT2D eigenvalue weighted by Crippen LogP contribution is -2.42. The summed E-state index contributed by atoms with van der Waals surface area (Å²) in [5.41, 5.74) is 0.599. The number of piperidine rings is 1. The van der Waals surface area contributed by atoms with Gasteiger partial charge in [-0.1, -0.05) is 13.8 Å². The quantitative estimate of drug-likeness (QED) is 0.744. The molecule has 2 saturated heterocycles. The van der Waals surface area contributed by atoms with Crippen LogP contribution in [0, 0.1) is 11.8 Å². The molecule has 0 spiro atoms. The number of amides is 1. The molecule has 1 unspecified atom stereocenters.